The number of hydrogen-bond acceptors (Lipinski definition) is 3. The van der Waals surface area contributed by atoms with Crippen LogP contribution in [0.5, 0.6) is 0 Å². The summed E-state index contributed by atoms with van der Waals surface area (Å²) < 4.78 is 5.68. The highest BCUT2D eigenvalue weighted by Gasteiger charge is 2.58. The Balaban J connectivity index is 1.30. The van der Waals surface area contributed by atoms with Gasteiger partial charge in [-0.3, -0.25) is 4.79 Å². The van der Waals surface area contributed by atoms with Crippen molar-refractivity contribution in [1.82, 2.24) is 0 Å². The topological polar surface area (TPSA) is 46.5 Å². The Bertz CT molecular complexity index is 613. The summed E-state index contributed by atoms with van der Waals surface area (Å²) in [5, 5.41) is 10.6. The molecule has 0 aliphatic heterocycles. The molecular formula is C28H48O3. The third-order valence-corrected chi connectivity index (χ3v) is 10.2. The molecule has 0 radical (unpaired) electrons. The van der Waals surface area contributed by atoms with Gasteiger partial charge >= 0.3 is 0 Å². The first-order valence-electron chi connectivity index (χ1n) is 13.7. The average Bonchev–Trinajstić information content (AvgIpc) is 3.09. The fourth-order valence-corrected chi connectivity index (χ4v) is 8.64. The van der Waals surface area contributed by atoms with Crippen LogP contribution in [0.25, 0.3) is 0 Å². The van der Waals surface area contributed by atoms with E-state index in [1.54, 1.807) is 0 Å². The highest BCUT2D eigenvalue weighted by atomic mass is 16.5. The molecule has 0 bridgehead atoms. The van der Waals surface area contributed by atoms with E-state index < -0.39 is 5.60 Å². The quantitative estimate of drug-likeness (QED) is 0.420. The Morgan fingerprint density at radius 2 is 1.68 bits per heavy atom. The molecule has 4 aliphatic rings. The van der Waals surface area contributed by atoms with Crippen molar-refractivity contribution in [2.75, 3.05) is 13.2 Å². The number of rotatable bonds is 9. The zero-order valence-corrected chi connectivity index (χ0v) is 20.5. The second-order valence-corrected chi connectivity index (χ2v) is 12.2. The molecule has 1 N–H and O–H groups in total. The number of ether oxygens (including phenoxy) is 1. The van der Waals surface area contributed by atoms with Crippen LogP contribution < -0.4 is 0 Å². The number of fused-ring (bicyclic) bond motifs is 5. The lowest BCUT2D eigenvalue weighted by molar-refractivity contribution is -0.132. The first kappa shape index (κ1) is 23.7. The minimum atomic E-state index is -0.427. The summed E-state index contributed by atoms with van der Waals surface area (Å²) in [6, 6.07) is 0. The van der Waals surface area contributed by atoms with Gasteiger partial charge in [0.2, 0.25) is 0 Å². The standard InChI is InChI=1S/C28H48O3/c1-4-5-17-31-18-7-6-8-26(29)25-12-11-24-23-10-9-20-19-27(2,30)15-13-21(20)22(23)14-16-28(24,25)3/h20-25,30H,4-19H2,1-3H3/t20-,21+,22-,23-,24+,25-,27-,28+/m1/s1. The number of carbonyl (C=O) groups excluding carboxylic acids is 1. The lowest BCUT2D eigenvalue weighted by Gasteiger charge is -2.56. The summed E-state index contributed by atoms with van der Waals surface area (Å²) >= 11 is 0. The molecule has 0 aromatic carbocycles. The molecule has 0 unspecified atom stereocenters. The van der Waals surface area contributed by atoms with E-state index in [0.29, 0.717) is 11.7 Å². The monoisotopic (exact) mass is 432 g/mol. The Labute approximate surface area is 191 Å². The van der Waals surface area contributed by atoms with Crippen LogP contribution in [-0.4, -0.2) is 29.7 Å². The van der Waals surface area contributed by atoms with Crippen LogP contribution in [0.3, 0.4) is 0 Å². The van der Waals surface area contributed by atoms with Crippen molar-refractivity contribution in [2.45, 2.75) is 116 Å². The summed E-state index contributed by atoms with van der Waals surface area (Å²) in [6.45, 7) is 8.41. The fourth-order valence-electron chi connectivity index (χ4n) is 8.64. The highest BCUT2D eigenvalue weighted by Crippen LogP contribution is 2.64. The number of aliphatic hydroxyl groups is 1. The van der Waals surface area contributed by atoms with Crippen LogP contribution in [0.4, 0.5) is 0 Å². The van der Waals surface area contributed by atoms with Crippen LogP contribution in [0.1, 0.15) is 111 Å². The van der Waals surface area contributed by atoms with E-state index in [1.165, 1.54) is 44.9 Å². The SMILES string of the molecule is CCCCOCCCCC(=O)[C@H]1CC[C@H]2[C@@H]3CC[C@@H]4C[C@](C)(O)CC[C@@H]4[C@H]3CC[C@]12C. The molecule has 0 amide bonds. The highest BCUT2D eigenvalue weighted by molar-refractivity contribution is 5.82. The van der Waals surface area contributed by atoms with Crippen LogP contribution in [0.15, 0.2) is 0 Å². The van der Waals surface area contributed by atoms with Gasteiger partial charge in [-0.05, 0) is 119 Å². The molecule has 3 heteroatoms. The van der Waals surface area contributed by atoms with E-state index >= 15 is 0 Å². The van der Waals surface area contributed by atoms with Crippen molar-refractivity contribution in [3.63, 3.8) is 0 Å². The Kier molecular flexibility index (Phi) is 7.53. The molecule has 4 saturated carbocycles. The molecule has 31 heavy (non-hydrogen) atoms. The number of ketones is 1. The maximum absolute atomic E-state index is 13.2. The molecule has 3 nitrogen and oxygen atoms in total. The molecule has 8 atom stereocenters. The van der Waals surface area contributed by atoms with Gasteiger partial charge in [-0.25, -0.2) is 0 Å². The predicted octanol–water partition coefficient (Wildman–Crippen LogP) is 6.56. The van der Waals surface area contributed by atoms with Crippen molar-refractivity contribution >= 4 is 5.78 Å². The summed E-state index contributed by atoms with van der Waals surface area (Å²) in [5.74, 6) is 4.92. The average molecular weight is 433 g/mol. The largest absolute Gasteiger partial charge is 0.390 e. The first-order valence-corrected chi connectivity index (χ1v) is 13.7. The summed E-state index contributed by atoms with van der Waals surface area (Å²) in [7, 11) is 0. The molecule has 0 spiro atoms. The lowest BCUT2D eigenvalue weighted by atomic mass is 9.49. The second-order valence-electron chi connectivity index (χ2n) is 12.2. The van der Waals surface area contributed by atoms with Crippen molar-refractivity contribution in [3.05, 3.63) is 0 Å². The maximum Gasteiger partial charge on any atom is 0.136 e. The van der Waals surface area contributed by atoms with Crippen molar-refractivity contribution in [1.29, 1.82) is 0 Å². The smallest absolute Gasteiger partial charge is 0.136 e. The van der Waals surface area contributed by atoms with Gasteiger partial charge in [0.05, 0.1) is 5.60 Å². The van der Waals surface area contributed by atoms with Crippen molar-refractivity contribution in [2.24, 2.45) is 40.9 Å². The predicted molar refractivity (Wildman–Crippen MR) is 126 cm³/mol. The summed E-state index contributed by atoms with van der Waals surface area (Å²) in [5.41, 5.74) is -0.175. The van der Waals surface area contributed by atoms with Crippen molar-refractivity contribution in [3.8, 4) is 0 Å². The number of carbonyl (C=O) groups is 1. The van der Waals surface area contributed by atoms with Gasteiger partial charge in [-0.1, -0.05) is 20.3 Å². The molecule has 4 aliphatic carbocycles. The van der Waals surface area contributed by atoms with Crippen LogP contribution in [0.2, 0.25) is 0 Å². The van der Waals surface area contributed by atoms with Gasteiger partial charge in [-0.2, -0.15) is 0 Å². The van der Waals surface area contributed by atoms with E-state index in [9.17, 15) is 9.90 Å². The number of unbranched alkanes of at least 4 members (excludes halogenated alkanes) is 2. The minimum absolute atomic E-state index is 0.253. The minimum Gasteiger partial charge on any atom is -0.390 e. The van der Waals surface area contributed by atoms with E-state index in [1.807, 2.05) is 0 Å². The third-order valence-electron chi connectivity index (χ3n) is 10.2. The van der Waals surface area contributed by atoms with Crippen LogP contribution in [-0.2, 0) is 9.53 Å². The molecule has 4 rings (SSSR count). The first-order chi connectivity index (χ1) is 14.9. The number of hydrogen-bond donors (Lipinski definition) is 1. The second kappa shape index (κ2) is 9.84. The molecular weight excluding hydrogens is 384 g/mol. The zero-order chi connectivity index (χ0) is 22.1. The Morgan fingerprint density at radius 3 is 2.48 bits per heavy atom. The van der Waals surface area contributed by atoms with Crippen LogP contribution in [0, 0.1) is 40.9 Å². The molecule has 0 aromatic heterocycles. The maximum atomic E-state index is 13.2. The lowest BCUT2D eigenvalue weighted by Crippen LogP contribution is -2.51. The van der Waals surface area contributed by atoms with E-state index in [-0.39, 0.29) is 5.41 Å². The van der Waals surface area contributed by atoms with Gasteiger partial charge in [0.1, 0.15) is 5.78 Å². The van der Waals surface area contributed by atoms with E-state index in [2.05, 4.69) is 20.8 Å². The fraction of sp³-hybridized carbons (Fsp3) is 0.964. The molecule has 0 heterocycles. The van der Waals surface area contributed by atoms with Gasteiger partial charge in [0.15, 0.2) is 0 Å². The Hall–Kier alpha value is -0.410. The van der Waals surface area contributed by atoms with Gasteiger partial charge < -0.3 is 9.84 Å². The van der Waals surface area contributed by atoms with Gasteiger partial charge in [0, 0.05) is 25.6 Å². The zero-order valence-electron chi connectivity index (χ0n) is 20.5. The summed E-state index contributed by atoms with van der Waals surface area (Å²) in [4.78, 5) is 13.2. The summed E-state index contributed by atoms with van der Waals surface area (Å²) in [6.07, 6.45) is 16.0. The molecule has 0 aromatic rings. The van der Waals surface area contributed by atoms with Crippen molar-refractivity contribution < 1.29 is 14.6 Å². The molecule has 4 fully saturated rings. The van der Waals surface area contributed by atoms with Crippen LogP contribution >= 0.6 is 0 Å². The van der Waals surface area contributed by atoms with E-state index in [0.717, 1.165) is 87.7 Å². The third kappa shape index (κ3) is 4.93. The molecule has 0 saturated heterocycles. The molecule has 178 valence electrons. The normalized spacial score (nSPS) is 44.4. The van der Waals surface area contributed by atoms with Gasteiger partial charge in [-0.15, -0.1) is 0 Å². The van der Waals surface area contributed by atoms with Gasteiger partial charge in [0.25, 0.3) is 0 Å². The van der Waals surface area contributed by atoms with E-state index in [4.69, 9.17) is 4.74 Å². The number of Topliss-reactive ketones (excluding diaryl/α,β-unsaturated/α-hetero) is 1. The Morgan fingerprint density at radius 1 is 0.903 bits per heavy atom.